The first-order valence-electron chi connectivity index (χ1n) is 12.7. The lowest BCUT2D eigenvalue weighted by Gasteiger charge is -2.47. The van der Waals surface area contributed by atoms with Crippen LogP contribution in [0, 0.1) is 13.8 Å². The Morgan fingerprint density at radius 1 is 1.08 bits per heavy atom. The SMILES string of the molecule is CCC1CN(c2ncc(-c3n[nH]c(C)n3)nc2C)CCN1C1CCN(C(=O)c2ccc(Cl)cc2)CC1. The van der Waals surface area contributed by atoms with E-state index in [0.29, 0.717) is 34.2 Å². The normalized spacial score (nSPS) is 19.6. The molecule has 2 saturated heterocycles. The summed E-state index contributed by atoms with van der Waals surface area (Å²) >= 11 is 5.98. The third kappa shape index (κ3) is 5.08. The second-order valence-corrected chi connectivity index (χ2v) is 10.1. The van der Waals surface area contributed by atoms with Gasteiger partial charge in [0.25, 0.3) is 5.91 Å². The van der Waals surface area contributed by atoms with Gasteiger partial charge in [-0.15, -0.1) is 0 Å². The van der Waals surface area contributed by atoms with Gasteiger partial charge in [-0.2, -0.15) is 5.10 Å². The molecule has 2 aliphatic heterocycles. The van der Waals surface area contributed by atoms with Crippen LogP contribution in [0.2, 0.25) is 5.02 Å². The van der Waals surface area contributed by atoms with Crippen molar-refractivity contribution in [2.45, 2.75) is 52.1 Å². The molecule has 1 aromatic carbocycles. The molecule has 1 amide bonds. The molecular weight excluding hydrogens is 476 g/mol. The van der Waals surface area contributed by atoms with Crippen LogP contribution in [0.25, 0.3) is 11.5 Å². The molecule has 190 valence electrons. The van der Waals surface area contributed by atoms with Crippen LogP contribution in [0.4, 0.5) is 5.82 Å². The van der Waals surface area contributed by atoms with Gasteiger partial charge in [0.1, 0.15) is 17.3 Å². The first-order valence-corrected chi connectivity index (χ1v) is 13.1. The van der Waals surface area contributed by atoms with Gasteiger partial charge in [-0.1, -0.05) is 18.5 Å². The predicted octanol–water partition coefficient (Wildman–Crippen LogP) is 3.74. The zero-order valence-corrected chi connectivity index (χ0v) is 21.9. The number of halogens is 1. The standard InChI is InChI=1S/C26H33ClN8O/c1-4-21-16-34(25-17(2)29-23(15-28-25)24-30-18(3)31-32-24)13-14-35(21)22-9-11-33(12-10-22)26(36)19-5-7-20(27)8-6-19/h5-8,15,21-22H,4,9-14,16H2,1-3H3,(H,30,31,32). The lowest BCUT2D eigenvalue weighted by molar-refractivity contribution is 0.0490. The van der Waals surface area contributed by atoms with Crippen LogP contribution in [0.3, 0.4) is 0 Å². The third-order valence-corrected chi connectivity index (χ3v) is 7.61. The van der Waals surface area contributed by atoms with E-state index in [1.54, 1.807) is 18.3 Å². The van der Waals surface area contributed by atoms with E-state index < -0.39 is 0 Å². The van der Waals surface area contributed by atoms with E-state index in [-0.39, 0.29) is 5.91 Å². The van der Waals surface area contributed by atoms with E-state index in [4.69, 9.17) is 21.6 Å². The lowest BCUT2D eigenvalue weighted by Crippen LogP contribution is -2.58. The second-order valence-electron chi connectivity index (χ2n) is 9.68. The third-order valence-electron chi connectivity index (χ3n) is 7.36. The van der Waals surface area contributed by atoms with E-state index in [9.17, 15) is 4.79 Å². The number of H-pyrrole nitrogens is 1. The first kappa shape index (κ1) is 24.6. The highest BCUT2D eigenvalue weighted by Crippen LogP contribution is 2.27. The maximum absolute atomic E-state index is 12.9. The van der Waals surface area contributed by atoms with Gasteiger partial charge in [0.2, 0.25) is 5.82 Å². The molecule has 36 heavy (non-hydrogen) atoms. The highest BCUT2D eigenvalue weighted by Gasteiger charge is 2.34. The van der Waals surface area contributed by atoms with Crippen molar-refractivity contribution >= 4 is 23.3 Å². The predicted molar refractivity (Wildman–Crippen MR) is 140 cm³/mol. The minimum atomic E-state index is 0.0969. The van der Waals surface area contributed by atoms with Crippen molar-refractivity contribution in [3.63, 3.8) is 0 Å². The Morgan fingerprint density at radius 2 is 1.83 bits per heavy atom. The number of carbonyl (C=O) groups excluding carboxylic acids is 1. The monoisotopic (exact) mass is 508 g/mol. The Bertz CT molecular complexity index is 1200. The van der Waals surface area contributed by atoms with Crippen molar-refractivity contribution in [3.05, 3.63) is 52.6 Å². The number of rotatable bonds is 5. The minimum Gasteiger partial charge on any atom is -0.352 e. The first-order chi connectivity index (χ1) is 17.4. The van der Waals surface area contributed by atoms with Gasteiger partial charge in [-0.25, -0.2) is 15.0 Å². The van der Waals surface area contributed by atoms with Gasteiger partial charge in [0.05, 0.1) is 11.9 Å². The molecule has 2 aliphatic rings. The van der Waals surface area contributed by atoms with E-state index >= 15 is 0 Å². The van der Waals surface area contributed by atoms with E-state index in [1.807, 2.05) is 30.9 Å². The van der Waals surface area contributed by atoms with Gasteiger partial charge in [-0.05, 0) is 57.4 Å². The fourth-order valence-corrected chi connectivity index (χ4v) is 5.56. The fourth-order valence-electron chi connectivity index (χ4n) is 5.43. The van der Waals surface area contributed by atoms with Gasteiger partial charge < -0.3 is 9.80 Å². The molecule has 10 heteroatoms. The summed E-state index contributed by atoms with van der Waals surface area (Å²) in [4.78, 5) is 33.8. The summed E-state index contributed by atoms with van der Waals surface area (Å²) in [6.07, 6.45) is 4.84. The lowest BCUT2D eigenvalue weighted by atomic mass is 9.97. The van der Waals surface area contributed by atoms with Crippen molar-refractivity contribution < 1.29 is 4.79 Å². The molecule has 0 radical (unpaired) electrons. The smallest absolute Gasteiger partial charge is 0.253 e. The van der Waals surface area contributed by atoms with Crippen molar-refractivity contribution in [2.75, 3.05) is 37.6 Å². The number of anilines is 1. The maximum Gasteiger partial charge on any atom is 0.253 e. The van der Waals surface area contributed by atoms with E-state index in [1.165, 1.54) is 0 Å². The summed E-state index contributed by atoms with van der Waals surface area (Å²) in [5, 5.41) is 7.72. The Labute approximate surface area is 216 Å². The van der Waals surface area contributed by atoms with Crippen molar-refractivity contribution in [1.82, 2.24) is 34.9 Å². The number of likely N-dealkylation sites (tertiary alicyclic amines) is 1. The Kier molecular flexibility index (Phi) is 7.20. The van der Waals surface area contributed by atoms with Gasteiger partial charge in [0, 0.05) is 55.4 Å². The molecule has 1 atom stereocenters. The number of amides is 1. The molecule has 2 fully saturated rings. The highest BCUT2D eigenvalue weighted by molar-refractivity contribution is 6.30. The number of aryl methyl sites for hydroxylation is 2. The van der Waals surface area contributed by atoms with Crippen molar-refractivity contribution in [3.8, 4) is 11.5 Å². The maximum atomic E-state index is 12.9. The highest BCUT2D eigenvalue weighted by atomic mass is 35.5. The summed E-state index contributed by atoms with van der Waals surface area (Å²) in [6, 6.07) is 8.12. The zero-order chi connectivity index (χ0) is 25.2. The number of aromatic nitrogens is 5. The number of piperidine rings is 1. The van der Waals surface area contributed by atoms with Crippen molar-refractivity contribution in [2.24, 2.45) is 0 Å². The molecule has 9 nitrogen and oxygen atoms in total. The van der Waals surface area contributed by atoms with Crippen molar-refractivity contribution in [1.29, 1.82) is 0 Å². The fraction of sp³-hybridized carbons (Fsp3) is 0.500. The van der Waals surface area contributed by atoms with E-state index in [2.05, 4.69) is 31.9 Å². The van der Waals surface area contributed by atoms with Gasteiger partial charge >= 0.3 is 0 Å². The quantitative estimate of drug-likeness (QED) is 0.561. The molecule has 5 rings (SSSR count). The number of nitrogens with one attached hydrogen (secondary N) is 1. The molecule has 0 spiro atoms. The number of nitrogens with zero attached hydrogens (tertiary/aromatic N) is 7. The van der Waals surface area contributed by atoms with Crippen LogP contribution in [0.1, 0.15) is 48.1 Å². The Hall–Kier alpha value is -3.04. The molecule has 0 bridgehead atoms. The van der Waals surface area contributed by atoms with Crippen LogP contribution >= 0.6 is 11.6 Å². The van der Waals surface area contributed by atoms with Crippen LogP contribution in [0.5, 0.6) is 0 Å². The van der Waals surface area contributed by atoms with E-state index in [0.717, 1.165) is 69.3 Å². The molecule has 0 aliphatic carbocycles. The zero-order valence-electron chi connectivity index (χ0n) is 21.1. The Balaban J connectivity index is 1.20. The molecule has 3 aromatic rings. The average Bonchev–Trinajstić information content (AvgIpc) is 3.34. The molecule has 4 heterocycles. The summed E-state index contributed by atoms with van der Waals surface area (Å²) in [5.41, 5.74) is 2.29. The topological polar surface area (TPSA) is 94.1 Å². The summed E-state index contributed by atoms with van der Waals surface area (Å²) in [6.45, 7) is 10.5. The molecule has 1 unspecified atom stereocenters. The number of benzene rings is 1. The number of carbonyl (C=O) groups is 1. The molecule has 2 aromatic heterocycles. The minimum absolute atomic E-state index is 0.0969. The number of aromatic amines is 1. The summed E-state index contributed by atoms with van der Waals surface area (Å²) in [5.74, 6) is 2.37. The largest absolute Gasteiger partial charge is 0.352 e. The number of hydrogen-bond acceptors (Lipinski definition) is 7. The van der Waals surface area contributed by atoms with Gasteiger partial charge in [-0.3, -0.25) is 14.8 Å². The number of hydrogen-bond donors (Lipinski definition) is 1. The van der Waals surface area contributed by atoms with Crippen LogP contribution in [0.15, 0.2) is 30.5 Å². The van der Waals surface area contributed by atoms with Crippen LogP contribution in [-0.2, 0) is 0 Å². The summed E-state index contributed by atoms with van der Waals surface area (Å²) < 4.78 is 0. The average molecular weight is 509 g/mol. The van der Waals surface area contributed by atoms with Crippen LogP contribution < -0.4 is 4.90 Å². The second kappa shape index (κ2) is 10.5. The van der Waals surface area contributed by atoms with Crippen LogP contribution in [-0.4, -0.2) is 85.7 Å². The molecule has 0 saturated carbocycles. The number of piperazine rings is 1. The summed E-state index contributed by atoms with van der Waals surface area (Å²) in [7, 11) is 0. The molecular formula is C26H33ClN8O. The van der Waals surface area contributed by atoms with Gasteiger partial charge in [0.15, 0.2) is 0 Å². The Morgan fingerprint density at radius 3 is 2.47 bits per heavy atom. The molecule has 1 N–H and O–H groups in total.